The molecular weight excluding hydrogens is 388 g/mol. The van der Waals surface area contributed by atoms with Gasteiger partial charge in [0.1, 0.15) is 0 Å². The molecular formula is C14H17Cl2F3N2O2S. The van der Waals surface area contributed by atoms with Crippen LogP contribution in [-0.2, 0) is 16.2 Å². The predicted molar refractivity (Wildman–Crippen MR) is 87.0 cm³/mol. The van der Waals surface area contributed by atoms with E-state index in [9.17, 15) is 21.6 Å². The van der Waals surface area contributed by atoms with Gasteiger partial charge < -0.3 is 5.32 Å². The highest BCUT2D eigenvalue weighted by Gasteiger charge is 2.41. The van der Waals surface area contributed by atoms with Gasteiger partial charge in [-0.3, -0.25) is 0 Å². The van der Waals surface area contributed by atoms with Gasteiger partial charge in [-0.15, -0.1) is 12.4 Å². The standard InChI is InChI=1S/C14H16ClF3N2O2S.ClH/c15-9-1-4-13(12(7-9)14(16,17)18)23(21,22)20-6-5-10-2-3-11(8-20)19-10;/h1,4,7,10-11,19H,2-3,5-6,8H2;1H. The molecule has 2 aliphatic heterocycles. The second kappa shape index (κ2) is 6.99. The molecule has 136 valence electrons. The van der Waals surface area contributed by atoms with Crippen molar-refractivity contribution in [2.45, 2.75) is 42.4 Å². The van der Waals surface area contributed by atoms with E-state index in [1.165, 1.54) is 6.07 Å². The molecule has 2 fully saturated rings. The monoisotopic (exact) mass is 404 g/mol. The second-order valence-electron chi connectivity index (χ2n) is 5.93. The van der Waals surface area contributed by atoms with Crippen LogP contribution in [0.15, 0.2) is 23.1 Å². The zero-order valence-corrected chi connectivity index (χ0v) is 14.9. The lowest BCUT2D eigenvalue weighted by Gasteiger charge is -2.25. The van der Waals surface area contributed by atoms with Crippen LogP contribution in [0.1, 0.15) is 24.8 Å². The zero-order chi connectivity index (χ0) is 16.8. The Morgan fingerprint density at radius 3 is 2.50 bits per heavy atom. The summed E-state index contributed by atoms with van der Waals surface area (Å²) in [6.45, 7) is 0.412. The number of nitrogens with zero attached hydrogens (tertiary/aromatic N) is 1. The Morgan fingerprint density at radius 1 is 1.17 bits per heavy atom. The van der Waals surface area contributed by atoms with Crippen LogP contribution < -0.4 is 5.32 Å². The highest BCUT2D eigenvalue weighted by molar-refractivity contribution is 7.89. The fourth-order valence-corrected chi connectivity index (χ4v) is 5.08. The van der Waals surface area contributed by atoms with Crippen LogP contribution >= 0.6 is 24.0 Å². The van der Waals surface area contributed by atoms with E-state index in [0.717, 1.165) is 23.2 Å². The van der Waals surface area contributed by atoms with Crippen molar-refractivity contribution < 1.29 is 21.6 Å². The first-order valence-electron chi connectivity index (χ1n) is 7.31. The van der Waals surface area contributed by atoms with Crippen LogP contribution in [0.2, 0.25) is 5.02 Å². The molecule has 0 amide bonds. The van der Waals surface area contributed by atoms with Crippen LogP contribution in [-0.4, -0.2) is 37.9 Å². The number of hydrogen-bond acceptors (Lipinski definition) is 3. The third-order valence-electron chi connectivity index (χ3n) is 4.35. The molecule has 1 aromatic carbocycles. The summed E-state index contributed by atoms with van der Waals surface area (Å²) < 4.78 is 66.3. The first-order chi connectivity index (χ1) is 10.7. The molecule has 2 aliphatic rings. The topological polar surface area (TPSA) is 49.4 Å². The van der Waals surface area contributed by atoms with Gasteiger partial charge in [-0.25, -0.2) is 8.42 Å². The molecule has 1 N–H and O–H groups in total. The molecule has 2 heterocycles. The van der Waals surface area contributed by atoms with Gasteiger partial charge in [0.15, 0.2) is 0 Å². The summed E-state index contributed by atoms with van der Waals surface area (Å²) >= 11 is 5.62. The minimum atomic E-state index is -4.78. The summed E-state index contributed by atoms with van der Waals surface area (Å²) in [5.74, 6) is 0. The fraction of sp³-hybridized carbons (Fsp3) is 0.571. The molecule has 3 rings (SSSR count). The highest BCUT2D eigenvalue weighted by Crippen LogP contribution is 2.37. The minimum Gasteiger partial charge on any atom is -0.310 e. The number of fused-ring (bicyclic) bond motifs is 2. The van der Waals surface area contributed by atoms with Gasteiger partial charge >= 0.3 is 6.18 Å². The van der Waals surface area contributed by atoms with E-state index < -0.39 is 26.7 Å². The second-order valence-corrected chi connectivity index (χ2v) is 8.27. The highest BCUT2D eigenvalue weighted by atomic mass is 35.5. The van der Waals surface area contributed by atoms with Crippen molar-refractivity contribution in [3.8, 4) is 0 Å². The largest absolute Gasteiger partial charge is 0.417 e. The van der Waals surface area contributed by atoms with Crippen LogP contribution in [0.25, 0.3) is 0 Å². The Kier molecular flexibility index (Phi) is 5.76. The minimum absolute atomic E-state index is 0. The lowest BCUT2D eigenvalue weighted by Crippen LogP contribution is -2.39. The maximum Gasteiger partial charge on any atom is 0.417 e. The fourth-order valence-electron chi connectivity index (χ4n) is 3.22. The number of hydrogen-bond donors (Lipinski definition) is 1. The molecule has 0 aromatic heterocycles. The first kappa shape index (κ1) is 19.8. The van der Waals surface area contributed by atoms with Gasteiger partial charge in [-0.1, -0.05) is 11.6 Å². The van der Waals surface area contributed by atoms with Crippen LogP contribution in [0, 0.1) is 0 Å². The lowest BCUT2D eigenvalue weighted by molar-refractivity contribution is -0.139. The summed E-state index contributed by atoms with van der Waals surface area (Å²) in [4.78, 5) is -0.729. The number of alkyl halides is 3. The molecule has 2 atom stereocenters. The third kappa shape index (κ3) is 3.83. The van der Waals surface area contributed by atoms with E-state index in [1.807, 2.05) is 0 Å². The average Bonchev–Trinajstić information content (AvgIpc) is 2.76. The molecule has 2 saturated heterocycles. The summed E-state index contributed by atoms with van der Waals surface area (Å²) in [5.41, 5.74) is -1.22. The first-order valence-corrected chi connectivity index (χ1v) is 9.12. The predicted octanol–water partition coefficient (Wildman–Crippen LogP) is 3.30. The van der Waals surface area contributed by atoms with E-state index in [0.29, 0.717) is 12.5 Å². The molecule has 1 aromatic rings. The molecule has 0 saturated carbocycles. The van der Waals surface area contributed by atoms with Crippen molar-refractivity contribution in [2.24, 2.45) is 0 Å². The van der Waals surface area contributed by atoms with Crippen molar-refractivity contribution in [3.63, 3.8) is 0 Å². The lowest BCUT2D eigenvalue weighted by atomic mass is 10.1. The van der Waals surface area contributed by atoms with E-state index in [-0.39, 0.29) is 42.6 Å². The Morgan fingerprint density at radius 2 is 1.83 bits per heavy atom. The van der Waals surface area contributed by atoms with Crippen LogP contribution in [0.4, 0.5) is 13.2 Å². The molecule has 0 spiro atoms. The van der Waals surface area contributed by atoms with Gasteiger partial charge in [0.05, 0.1) is 10.5 Å². The third-order valence-corrected chi connectivity index (χ3v) is 6.51. The van der Waals surface area contributed by atoms with E-state index in [4.69, 9.17) is 11.6 Å². The maximum atomic E-state index is 13.2. The molecule has 24 heavy (non-hydrogen) atoms. The molecule has 0 aliphatic carbocycles. The normalized spacial score (nSPS) is 25.2. The molecule has 10 heteroatoms. The number of halogens is 5. The summed E-state index contributed by atoms with van der Waals surface area (Å²) in [6.07, 6.45) is -2.36. The van der Waals surface area contributed by atoms with Gasteiger partial charge in [-0.2, -0.15) is 17.5 Å². The van der Waals surface area contributed by atoms with Crippen LogP contribution in [0.3, 0.4) is 0 Å². The number of rotatable bonds is 2. The van der Waals surface area contributed by atoms with E-state index >= 15 is 0 Å². The molecule has 2 bridgehead atoms. The van der Waals surface area contributed by atoms with Gasteiger partial charge in [0.25, 0.3) is 0 Å². The number of benzene rings is 1. The smallest absolute Gasteiger partial charge is 0.310 e. The Hall–Kier alpha value is -0.540. The Labute approximate surface area is 149 Å². The summed E-state index contributed by atoms with van der Waals surface area (Å²) in [7, 11) is -4.22. The molecule has 2 unspecified atom stereocenters. The summed E-state index contributed by atoms with van der Waals surface area (Å²) in [6, 6.07) is 3.02. The van der Waals surface area contributed by atoms with E-state index in [2.05, 4.69) is 5.32 Å². The Balaban J connectivity index is 0.00000208. The van der Waals surface area contributed by atoms with Gasteiger partial charge in [0.2, 0.25) is 10.0 Å². The van der Waals surface area contributed by atoms with Crippen molar-refractivity contribution in [1.29, 1.82) is 0 Å². The van der Waals surface area contributed by atoms with Crippen molar-refractivity contribution >= 4 is 34.0 Å². The molecule has 4 nitrogen and oxygen atoms in total. The Bertz CT molecular complexity index is 712. The van der Waals surface area contributed by atoms with Gasteiger partial charge in [-0.05, 0) is 37.5 Å². The average molecular weight is 405 g/mol. The quantitative estimate of drug-likeness (QED) is 0.822. The summed E-state index contributed by atoms with van der Waals surface area (Å²) in [5, 5.41) is 3.17. The number of nitrogens with one attached hydrogen (secondary N) is 1. The van der Waals surface area contributed by atoms with E-state index in [1.54, 1.807) is 0 Å². The van der Waals surface area contributed by atoms with Gasteiger partial charge in [0, 0.05) is 30.2 Å². The zero-order valence-electron chi connectivity index (χ0n) is 12.5. The maximum absolute atomic E-state index is 13.2. The number of sulfonamides is 1. The SMILES string of the molecule is Cl.O=S(=O)(c1ccc(Cl)cc1C(F)(F)F)N1CCC2CCC(C1)N2. The molecule has 0 radical (unpaired) electrons. The van der Waals surface area contributed by atoms with Crippen LogP contribution in [0.5, 0.6) is 0 Å². The van der Waals surface area contributed by atoms with Crippen molar-refractivity contribution in [1.82, 2.24) is 9.62 Å². The van der Waals surface area contributed by atoms with Crippen molar-refractivity contribution in [2.75, 3.05) is 13.1 Å². The van der Waals surface area contributed by atoms with Crippen molar-refractivity contribution in [3.05, 3.63) is 28.8 Å².